The molecule has 1 amide bonds. The molecule has 1 saturated heterocycles. The fraction of sp³-hybridized carbons (Fsp3) is 0.444. The van der Waals surface area contributed by atoms with E-state index in [4.69, 9.17) is 0 Å². The van der Waals surface area contributed by atoms with Gasteiger partial charge in [0, 0.05) is 44.6 Å². The van der Waals surface area contributed by atoms with Crippen molar-refractivity contribution in [3.8, 4) is 0 Å². The summed E-state index contributed by atoms with van der Waals surface area (Å²) in [5.41, 5.74) is -0.384. The first-order valence-corrected chi connectivity index (χ1v) is 8.76. The molecular formula is C18H22F3N5O. The summed E-state index contributed by atoms with van der Waals surface area (Å²) in [6.45, 7) is 5.34. The van der Waals surface area contributed by atoms with Crippen molar-refractivity contribution < 1.29 is 18.0 Å². The molecule has 1 aliphatic rings. The summed E-state index contributed by atoms with van der Waals surface area (Å²) in [6, 6.07) is 4.04. The maximum absolute atomic E-state index is 13.6. The lowest BCUT2D eigenvalue weighted by Crippen LogP contribution is -2.44. The summed E-state index contributed by atoms with van der Waals surface area (Å²) < 4.78 is 42.3. The second-order valence-corrected chi connectivity index (χ2v) is 6.56. The van der Waals surface area contributed by atoms with Gasteiger partial charge >= 0.3 is 6.18 Å². The van der Waals surface area contributed by atoms with Crippen molar-refractivity contribution in [3.63, 3.8) is 0 Å². The Morgan fingerprint density at radius 1 is 1.22 bits per heavy atom. The third-order valence-corrected chi connectivity index (χ3v) is 4.64. The van der Waals surface area contributed by atoms with Crippen LogP contribution in [-0.2, 0) is 12.7 Å². The van der Waals surface area contributed by atoms with Gasteiger partial charge in [-0.2, -0.15) is 18.3 Å². The molecule has 0 atom stereocenters. The SMILES string of the molecule is CCn1cc(C(=O)Nc2ccc(N3CCN(C)CC3)cc2C(F)(F)F)cn1. The van der Waals surface area contributed by atoms with Gasteiger partial charge in [0.05, 0.1) is 23.0 Å². The van der Waals surface area contributed by atoms with Crippen LogP contribution >= 0.6 is 0 Å². The lowest BCUT2D eigenvalue weighted by molar-refractivity contribution is -0.136. The lowest BCUT2D eigenvalue weighted by atomic mass is 10.1. The fourth-order valence-electron chi connectivity index (χ4n) is 2.99. The summed E-state index contributed by atoms with van der Waals surface area (Å²) >= 11 is 0. The first-order chi connectivity index (χ1) is 12.8. The van der Waals surface area contributed by atoms with E-state index in [1.165, 1.54) is 23.1 Å². The number of hydrogen-bond donors (Lipinski definition) is 1. The summed E-state index contributed by atoms with van der Waals surface area (Å²) in [6.07, 6.45) is -1.73. The summed E-state index contributed by atoms with van der Waals surface area (Å²) in [7, 11) is 1.98. The molecule has 27 heavy (non-hydrogen) atoms. The Balaban J connectivity index is 1.85. The van der Waals surface area contributed by atoms with Crippen molar-refractivity contribution >= 4 is 17.3 Å². The quantitative estimate of drug-likeness (QED) is 0.885. The summed E-state index contributed by atoms with van der Waals surface area (Å²) in [5.74, 6) is -0.618. The Morgan fingerprint density at radius 3 is 2.52 bits per heavy atom. The number of rotatable bonds is 4. The number of aryl methyl sites for hydroxylation is 1. The lowest BCUT2D eigenvalue weighted by Gasteiger charge is -2.34. The predicted molar refractivity (Wildman–Crippen MR) is 97.0 cm³/mol. The zero-order valence-corrected chi connectivity index (χ0v) is 15.3. The third kappa shape index (κ3) is 4.41. The molecule has 0 saturated carbocycles. The van der Waals surface area contributed by atoms with E-state index in [0.29, 0.717) is 25.3 Å². The largest absolute Gasteiger partial charge is 0.418 e. The van der Waals surface area contributed by atoms with E-state index >= 15 is 0 Å². The number of likely N-dealkylation sites (N-methyl/N-ethyl adjacent to an activating group) is 1. The number of anilines is 2. The third-order valence-electron chi connectivity index (χ3n) is 4.64. The smallest absolute Gasteiger partial charge is 0.369 e. The zero-order valence-electron chi connectivity index (χ0n) is 15.3. The highest BCUT2D eigenvalue weighted by atomic mass is 19.4. The second-order valence-electron chi connectivity index (χ2n) is 6.56. The van der Waals surface area contributed by atoms with Crippen molar-refractivity contribution in [2.45, 2.75) is 19.6 Å². The van der Waals surface area contributed by atoms with Gasteiger partial charge in [-0.1, -0.05) is 0 Å². The van der Waals surface area contributed by atoms with Gasteiger partial charge in [-0.25, -0.2) is 0 Å². The summed E-state index contributed by atoms with van der Waals surface area (Å²) in [4.78, 5) is 16.4. The van der Waals surface area contributed by atoms with Crippen LogP contribution in [0.15, 0.2) is 30.6 Å². The normalized spacial score (nSPS) is 15.8. The van der Waals surface area contributed by atoms with Crippen LogP contribution in [-0.4, -0.2) is 53.8 Å². The molecule has 2 aromatic rings. The Morgan fingerprint density at radius 2 is 1.93 bits per heavy atom. The first kappa shape index (κ1) is 19.2. The van der Waals surface area contributed by atoms with E-state index in [1.807, 2.05) is 18.9 Å². The molecule has 0 bridgehead atoms. The van der Waals surface area contributed by atoms with Crippen LogP contribution in [0.1, 0.15) is 22.8 Å². The van der Waals surface area contributed by atoms with Crippen molar-refractivity contribution in [1.82, 2.24) is 14.7 Å². The molecule has 1 aromatic heterocycles. The van der Waals surface area contributed by atoms with Gasteiger partial charge in [-0.15, -0.1) is 0 Å². The minimum Gasteiger partial charge on any atom is -0.369 e. The van der Waals surface area contributed by atoms with Gasteiger partial charge in [0.2, 0.25) is 0 Å². The fourth-order valence-corrected chi connectivity index (χ4v) is 2.99. The number of carbonyl (C=O) groups is 1. The molecule has 0 aliphatic carbocycles. The first-order valence-electron chi connectivity index (χ1n) is 8.76. The van der Waals surface area contributed by atoms with E-state index < -0.39 is 17.6 Å². The number of nitrogens with one attached hydrogen (secondary N) is 1. The van der Waals surface area contributed by atoms with Gasteiger partial charge in [-0.05, 0) is 32.2 Å². The molecule has 1 N–H and O–H groups in total. The summed E-state index contributed by atoms with van der Waals surface area (Å²) in [5, 5.41) is 6.34. The second kappa shape index (κ2) is 7.59. The van der Waals surface area contributed by atoms with Gasteiger partial charge in [0.15, 0.2) is 0 Å². The standard InChI is InChI=1S/C18H22F3N5O/c1-3-26-12-13(11-22-26)17(27)23-16-5-4-14(10-15(16)18(19,20)21)25-8-6-24(2)7-9-25/h4-5,10-12H,3,6-9H2,1-2H3,(H,23,27). The molecule has 3 rings (SSSR count). The minimum atomic E-state index is -4.57. The Hall–Kier alpha value is -2.55. The van der Waals surface area contributed by atoms with Crippen LogP contribution in [0.3, 0.4) is 0 Å². The molecule has 1 fully saturated rings. The van der Waals surface area contributed by atoms with Crippen LogP contribution in [0.5, 0.6) is 0 Å². The van der Waals surface area contributed by atoms with E-state index in [1.54, 1.807) is 6.07 Å². The average Bonchev–Trinajstić information content (AvgIpc) is 3.11. The molecule has 6 nitrogen and oxygen atoms in total. The number of aromatic nitrogens is 2. The maximum atomic E-state index is 13.6. The number of alkyl halides is 3. The van der Waals surface area contributed by atoms with Crippen molar-refractivity contribution in [2.75, 3.05) is 43.4 Å². The van der Waals surface area contributed by atoms with Crippen LogP contribution < -0.4 is 10.2 Å². The molecule has 0 unspecified atom stereocenters. The molecule has 1 aliphatic heterocycles. The highest BCUT2D eigenvalue weighted by Crippen LogP contribution is 2.37. The Labute approximate surface area is 155 Å². The number of halogens is 3. The Kier molecular flexibility index (Phi) is 5.41. The van der Waals surface area contributed by atoms with E-state index in [2.05, 4.69) is 15.3 Å². The average molecular weight is 381 g/mol. The highest BCUT2D eigenvalue weighted by molar-refractivity contribution is 6.04. The van der Waals surface area contributed by atoms with Gasteiger partial charge in [-0.3, -0.25) is 9.48 Å². The van der Waals surface area contributed by atoms with Crippen molar-refractivity contribution in [2.24, 2.45) is 0 Å². The van der Waals surface area contributed by atoms with Gasteiger partial charge in [0.25, 0.3) is 5.91 Å². The van der Waals surface area contributed by atoms with Crippen LogP contribution in [0, 0.1) is 0 Å². The van der Waals surface area contributed by atoms with Gasteiger partial charge < -0.3 is 15.1 Å². The van der Waals surface area contributed by atoms with Crippen molar-refractivity contribution in [1.29, 1.82) is 0 Å². The number of benzene rings is 1. The van der Waals surface area contributed by atoms with E-state index in [0.717, 1.165) is 19.2 Å². The topological polar surface area (TPSA) is 53.4 Å². The van der Waals surface area contributed by atoms with Crippen molar-refractivity contribution in [3.05, 3.63) is 41.7 Å². The maximum Gasteiger partial charge on any atom is 0.418 e. The Bertz CT molecular complexity index is 810. The van der Waals surface area contributed by atoms with E-state index in [-0.39, 0.29) is 11.3 Å². The molecule has 0 spiro atoms. The van der Waals surface area contributed by atoms with Gasteiger partial charge in [0.1, 0.15) is 0 Å². The molecule has 9 heteroatoms. The monoisotopic (exact) mass is 381 g/mol. The number of amides is 1. The van der Waals surface area contributed by atoms with Crippen LogP contribution in [0.25, 0.3) is 0 Å². The molecule has 1 aromatic carbocycles. The minimum absolute atomic E-state index is 0.216. The molecule has 2 heterocycles. The molecule has 146 valence electrons. The highest BCUT2D eigenvalue weighted by Gasteiger charge is 2.35. The number of nitrogens with zero attached hydrogens (tertiary/aromatic N) is 4. The predicted octanol–water partition coefficient (Wildman–Crippen LogP) is 2.93. The van der Waals surface area contributed by atoms with E-state index in [9.17, 15) is 18.0 Å². The number of carbonyl (C=O) groups excluding carboxylic acids is 1. The zero-order chi connectivity index (χ0) is 19.6. The van der Waals surface area contributed by atoms with Crippen LogP contribution in [0.4, 0.5) is 24.5 Å². The molecular weight excluding hydrogens is 359 g/mol. The van der Waals surface area contributed by atoms with Crippen LogP contribution in [0.2, 0.25) is 0 Å². The molecule has 0 radical (unpaired) electrons. The number of piperazine rings is 1. The number of hydrogen-bond acceptors (Lipinski definition) is 4.